The number of carbonyl (C=O) groups is 1. The molecule has 2 aromatic heterocycles. The molecule has 0 unspecified atom stereocenters. The number of nitrogens with zero attached hydrogens (tertiary/aromatic N) is 5. The molecule has 6 heteroatoms. The van der Waals surface area contributed by atoms with Crippen LogP contribution in [-0.4, -0.2) is 56.5 Å². The van der Waals surface area contributed by atoms with Crippen LogP contribution in [0.3, 0.4) is 0 Å². The molecule has 0 atom stereocenters. The summed E-state index contributed by atoms with van der Waals surface area (Å²) in [4.78, 5) is 22.3. The predicted octanol–water partition coefficient (Wildman–Crippen LogP) is 4.08. The third-order valence-electron chi connectivity index (χ3n) is 6.99. The van der Waals surface area contributed by atoms with E-state index >= 15 is 0 Å². The maximum Gasteiger partial charge on any atom is 0.222 e. The predicted molar refractivity (Wildman–Crippen MR) is 131 cm³/mol. The van der Waals surface area contributed by atoms with Gasteiger partial charge < -0.3 is 4.90 Å². The van der Waals surface area contributed by atoms with Crippen molar-refractivity contribution in [3.05, 3.63) is 76.6 Å². The molecular weight excluding hydrogens is 410 g/mol. The summed E-state index contributed by atoms with van der Waals surface area (Å²) in [7, 11) is 0. The molecular formula is C27H31N5O. The van der Waals surface area contributed by atoms with Crippen molar-refractivity contribution in [2.24, 2.45) is 0 Å². The van der Waals surface area contributed by atoms with Crippen molar-refractivity contribution in [2.75, 3.05) is 26.2 Å². The summed E-state index contributed by atoms with van der Waals surface area (Å²) < 4.78 is 1.93. The fourth-order valence-corrected chi connectivity index (χ4v) is 4.91. The van der Waals surface area contributed by atoms with Crippen LogP contribution >= 0.6 is 0 Å². The van der Waals surface area contributed by atoms with Crippen molar-refractivity contribution in [2.45, 2.75) is 40.2 Å². The van der Waals surface area contributed by atoms with Gasteiger partial charge in [-0.25, -0.2) is 9.50 Å². The molecule has 2 aromatic carbocycles. The number of piperazine rings is 1. The van der Waals surface area contributed by atoms with E-state index in [9.17, 15) is 4.79 Å². The van der Waals surface area contributed by atoms with E-state index in [0.29, 0.717) is 12.8 Å². The second kappa shape index (κ2) is 8.94. The third kappa shape index (κ3) is 4.23. The average Bonchev–Trinajstić information content (AvgIpc) is 3.19. The van der Waals surface area contributed by atoms with Crippen molar-refractivity contribution >= 4 is 22.5 Å². The molecule has 0 radical (unpaired) electrons. The van der Waals surface area contributed by atoms with Gasteiger partial charge in [0.05, 0.1) is 5.52 Å². The minimum Gasteiger partial charge on any atom is -0.340 e. The normalized spacial score (nSPS) is 14.9. The van der Waals surface area contributed by atoms with E-state index in [1.165, 1.54) is 11.1 Å². The summed E-state index contributed by atoms with van der Waals surface area (Å²) in [5.74, 6) is 0.232. The van der Waals surface area contributed by atoms with Crippen LogP contribution in [0.1, 0.15) is 34.5 Å². The summed E-state index contributed by atoms with van der Waals surface area (Å²) in [6.07, 6.45) is 1.20. The molecule has 0 saturated carbocycles. The Morgan fingerprint density at radius 1 is 0.939 bits per heavy atom. The highest BCUT2D eigenvalue weighted by Gasteiger charge is 2.22. The number of fused-ring (bicyclic) bond motifs is 3. The standard InChI is InChI=1S/C27H31N5O/c1-19-8-4-5-9-22(19)18-30-14-16-31(17-15-30)26(33)13-12-23-20(2)28-27-24-10-6-7-11-25(24)29-32(27)21(23)3/h4-11H,12-18H2,1-3H3. The Morgan fingerprint density at radius 2 is 1.67 bits per heavy atom. The van der Waals surface area contributed by atoms with Gasteiger partial charge in [0.15, 0.2) is 5.65 Å². The van der Waals surface area contributed by atoms with Crippen molar-refractivity contribution in [3.8, 4) is 0 Å². The van der Waals surface area contributed by atoms with Gasteiger partial charge in [-0.3, -0.25) is 9.69 Å². The lowest BCUT2D eigenvalue weighted by Crippen LogP contribution is -2.48. The minimum atomic E-state index is 0.232. The molecule has 4 aromatic rings. The van der Waals surface area contributed by atoms with E-state index in [1.807, 2.05) is 34.5 Å². The first-order valence-electron chi connectivity index (χ1n) is 11.8. The topological polar surface area (TPSA) is 53.7 Å². The molecule has 1 amide bonds. The monoisotopic (exact) mass is 441 g/mol. The molecule has 1 fully saturated rings. The molecule has 0 N–H and O–H groups in total. The van der Waals surface area contributed by atoms with E-state index in [2.05, 4.69) is 49.1 Å². The Bertz CT molecular complexity index is 1320. The molecule has 0 bridgehead atoms. The second-order valence-corrected chi connectivity index (χ2v) is 9.10. The smallest absolute Gasteiger partial charge is 0.222 e. The number of benzene rings is 2. The molecule has 3 heterocycles. The molecule has 170 valence electrons. The van der Waals surface area contributed by atoms with Gasteiger partial charge in [-0.05, 0) is 56.0 Å². The van der Waals surface area contributed by atoms with Crippen LogP contribution in [0.4, 0.5) is 0 Å². The number of hydrogen-bond donors (Lipinski definition) is 0. The maximum atomic E-state index is 13.0. The van der Waals surface area contributed by atoms with Gasteiger partial charge in [0.1, 0.15) is 0 Å². The first kappa shape index (κ1) is 21.6. The van der Waals surface area contributed by atoms with E-state index in [4.69, 9.17) is 10.1 Å². The van der Waals surface area contributed by atoms with Crippen LogP contribution in [-0.2, 0) is 17.8 Å². The number of hydrogen-bond acceptors (Lipinski definition) is 4. The maximum absolute atomic E-state index is 13.0. The zero-order valence-corrected chi connectivity index (χ0v) is 19.7. The average molecular weight is 442 g/mol. The van der Waals surface area contributed by atoms with Crippen molar-refractivity contribution < 1.29 is 4.79 Å². The lowest BCUT2D eigenvalue weighted by Gasteiger charge is -2.35. The Balaban J connectivity index is 1.22. The number of carbonyl (C=O) groups excluding carboxylic acids is 1. The Kier molecular flexibility index (Phi) is 5.85. The second-order valence-electron chi connectivity index (χ2n) is 9.10. The summed E-state index contributed by atoms with van der Waals surface area (Å²) >= 11 is 0. The Labute approximate surface area is 194 Å². The van der Waals surface area contributed by atoms with E-state index in [1.54, 1.807) is 0 Å². The highest BCUT2D eigenvalue weighted by Crippen LogP contribution is 2.23. The van der Waals surface area contributed by atoms with Crippen LogP contribution in [0.2, 0.25) is 0 Å². The number of rotatable bonds is 5. The minimum absolute atomic E-state index is 0.232. The fraction of sp³-hybridized carbons (Fsp3) is 0.370. The SMILES string of the molecule is Cc1ccccc1CN1CCN(C(=O)CCc2c(C)nc3c4ccccc4nn3c2C)CC1. The molecule has 0 spiro atoms. The zero-order valence-electron chi connectivity index (χ0n) is 19.7. The Morgan fingerprint density at radius 3 is 2.45 bits per heavy atom. The quantitative estimate of drug-likeness (QED) is 0.468. The Hall–Kier alpha value is -3.25. The first-order chi connectivity index (χ1) is 16.0. The van der Waals surface area contributed by atoms with Crippen LogP contribution in [0.15, 0.2) is 48.5 Å². The van der Waals surface area contributed by atoms with Crippen LogP contribution in [0.25, 0.3) is 16.6 Å². The van der Waals surface area contributed by atoms with Gasteiger partial charge in [-0.15, -0.1) is 0 Å². The molecule has 6 nitrogen and oxygen atoms in total. The number of aromatic nitrogens is 3. The van der Waals surface area contributed by atoms with Crippen molar-refractivity contribution in [1.29, 1.82) is 0 Å². The van der Waals surface area contributed by atoms with E-state index in [0.717, 1.165) is 66.2 Å². The van der Waals surface area contributed by atoms with Gasteiger partial charge >= 0.3 is 0 Å². The highest BCUT2D eigenvalue weighted by atomic mass is 16.2. The zero-order chi connectivity index (χ0) is 22.9. The fourth-order valence-electron chi connectivity index (χ4n) is 4.91. The van der Waals surface area contributed by atoms with E-state index < -0.39 is 0 Å². The van der Waals surface area contributed by atoms with Crippen molar-refractivity contribution in [3.63, 3.8) is 0 Å². The van der Waals surface area contributed by atoms with Gasteiger partial charge in [-0.1, -0.05) is 36.4 Å². The molecule has 0 aliphatic carbocycles. The summed E-state index contributed by atoms with van der Waals surface area (Å²) in [5.41, 5.74) is 7.73. The summed E-state index contributed by atoms with van der Waals surface area (Å²) in [5, 5.41) is 5.80. The van der Waals surface area contributed by atoms with Gasteiger partial charge in [0.2, 0.25) is 5.91 Å². The van der Waals surface area contributed by atoms with E-state index in [-0.39, 0.29) is 5.91 Å². The highest BCUT2D eigenvalue weighted by molar-refractivity contribution is 5.92. The van der Waals surface area contributed by atoms with Crippen LogP contribution in [0.5, 0.6) is 0 Å². The number of aryl methyl sites for hydroxylation is 3. The van der Waals surface area contributed by atoms with Crippen LogP contribution < -0.4 is 0 Å². The lowest BCUT2D eigenvalue weighted by atomic mass is 10.1. The first-order valence-corrected chi connectivity index (χ1v) is 11.8. The molecule has 1 aliphatic rings. The summed E-state index contributed by atoms with van der Waals surface area (Å²) in [6.45, 7) is 10.7. The third-order valence-corrected chi connectivity index (χ3v) is 6.99. The van der Waals surface area contributed by atoms with Crippen molar-refractivity contribution in [1.82, 2.24) is 24.4 Å². The van der Waals surface area contributed by atoms with Crippen LogP contribution in [0, 0.1) is 20.8 Å². The lowest BCUT2D eigenvalue weighted by molar-refractivity contribution is -0.133. The molecule has 33 heavy (non-hydrogen) atoms. The van der Waals surface area contributed by atoms with Gasteiger partial charge in [-0.2, -0.15) is 5.10 Å². The number of amides is 1. The molecule has 1 saturated heterocycles. The molecule has 5 rings (SSSR count). The van der Waals surface area contributed by atoms with Gasteiger partial charge in [0, 0.05) is 55.9 Å². The molecule has 1 aliphatic heterocycles. The summed E-state index contributed by atoms with van der Waals surface area (Å²) in [6, 6.07) is 16.6. The van der Waals surface area contributed by atoms with Gasteiger partial charge in [0.25, 0.3) is 0 Å². The largest absolute Gasteiger partial charge is 0.340 e.